The Morgan fingerprint density at radius 3 is 2.55 bits per heavy atom. The largest absolute Gasteiger partial charge is 0.334 e. The molecule has 0 atom stereocenters. The summed E-state index contributed by atoms with van der Waals surface area (Å²) >= 11 is 1.40. The summed E-state index contributed by atoms with van der Waals surface area (Å²) in [6, 6.07) is 15.8. The lowest BCUT2D eigenvalue weighted by Gasteiger charge is -2.07. The Bertz CT molecular complexity index is 777. The molecule has 4 heteroatoms. The van der Waals surface area contributed by atoms with E-state index in [-0.39, 0.29) is 0 Å². The SMILES string of the molecule is CS/C(=N\C#N)Nc1ccc(C#Cc2ccccc2)c(C)c1. The lowest BCUT2D eigenvalue weighted by molar-refractivity contribution is 1.42. The van der Waals surface area contributed by atoms with Crippen molar-refractivity contribution in [1.29, 1.82) is 5.26 Å². The van der Waals surface area contributed by atoms with Gasteiger partial charge in [-0.05, 0) is 49.1 Å². The van der Waals surface area contributed by atoms with E-state index in [0.717, 1.165) is 22.4 Å². The third-order valence-electron chi connectivity index (χ3n) is 2.94. The third-order valence-corrected chi connectivity index (χ3v) is 3.52. The number of aryl methyl sites for hydroxylation is 1. The summed E-state index contributed by atoms with van der Waals surface area (Å²) in [5.41, 5.74) is 3.95. The number of nitrogens with zero attached hydrogens (tertiary/aromatic N) is 2. The van der Waals surface area contributed by atoms with Gasteiger partial charge in [0, 0.05) is 16.8 Å². The first kappa shape index (κ1) is 15.7. The van der Waals surface area contributed by atoms with Gasteiger partial charge in [-0.15, -0.1) is 4.99 Å². The van der Waals surface area contributed by atoms with Gasteiger partial charge in [-0.1, -0.05) is 41.8 Å². The zero-order valence-corrected chi connectivity index (χ0v) is 13.2. The van der Waals surface area contributed by atoms with Crippen LogP contribution >= 0.6 is 11.8 Å². The average molecular weight is 305 g/mol. The molecule has 0 aliphatic heterocycles. The van der Waals surface area contributed by atoms with Crippen LogP contribution in [0.4, 0.5) is 5.69 Å². The monoisotopic (exact) mass is 305 g/mol. The van der Waals surface area contributed by atoms with Crippen LogP contribution in [-0.2, 0) is 0 Å². The van der Waals surface area contributed by atoms with Crippen molar-refractivity contribution in [2.24, 2.45) is 4.99 Å². The summed E-state index contributed by atoms with van der Waals surface area (Å²) in [6.07, 6.45) is 3.66. The molecule has 2 aromatic rings. The van der Waals surface area contributed by atoms with Crippen molar-refractivity contribution in [3.05, 3.63) is 65.2 Å². The van der Waals surface area contributed by atoms with Gasteiger partial charge in [0.05, 0.1) is 0 Å². The van der Waals surface area contributed by atoms with Crippen molar-refractivity contribution in [1.82, 2.24) is 0 Å². The van der Waals surface area contributed by atoms with Gasteiger partial charge in [0.2, 0.25) is 6.19 Å². The Morgan fingerprint density at radius 1 is 1.14 bits per heavy atom. The number of nitrogens with one attached hydrogen (secondary N) is 1. The van der Waals surface area contributed by atoms with E-state index in [0.29, 0.717) is 5.17 Å². The molecule has 0 spiro atoms. The second-order valence-electron chi connectivity index (χ2n) is 4.49. The van der Waals surface area contributed by atoms with Gasteiger partial charge >= 0.3 is 0 Å². The van der Waals surface area contributed by atoms with E-state index >= 15 is 0 Å². The smallest absolute Gasteiger partial charge is 0.208 e. The maximum absolute atomic E-state index is 8.61. The molecule has 0 aromatic heterocycles. The normalized spacial score (nSPS) is 10.3. The van der Waals surface area contributed by atoms with Gasteiger partial charge in [-0.3, -0.25) is 0 Å². The molecule has 0 fully saturated rings. The van der Waals surface area contributed by atoms with E-state index in [1.165, 1.54) is 11.8 Å². The Balaban J connectivity index is 2.19. The van der Waals surface area contributed by atoms with Gasteiger partial charge in [-0.25, -0.2) is 0 Å². The highest BCUT2D eigenvalue weighted by molar-refractivity contribution is 8.13. The Morgan fingerprint density at radius 2 is 1.91 bits per heavy atom. The van der Waals surface area contributed by atoms with Crippen LogP contribution < -0.4 is 5.32 Å². The van der Waals surface area contributed by atoms with Gasteiger partial charge in [0.15, 0.2) is 5.17 Å². The van der Waals surface area contributed by atoms with Crippen molar-refractivity contribution >= 4 is 22.6 Å². The number of nitriles is 1. The molecule has 0 radical (unpaired) electrons. The average Bonchev–Trinajstić information content (AvgIpc) is 2.54. The number of hydrogen-bond acceptors (Lipinski definition) is 3. The Labute approximate surface area is 135 Å². The number of hydrogen-bond donors (Lipinski definition) is 1. The van der Waals surface area contributed by atoms with Crippen LogP contribution in [-0.4, -0.2) is 11.4 Å². The van der Waals surface area contributed by atoms with E-state index in [9.17, 15) is 0 Å². The Kier molecular flexibility index (Phi) is 5.65. The highest BCUT2D eigenvalue weighted by Gasteiger charge is 2.01. The van der Waals surface area contributed by atoms with E-state index < -0.39 is 0 Å². The lowest BCUT2D eigenvalue weighted by atomic mass is 10.1. The minimum absolute atomic E-state index is 0.574. The van der Waals surface area contributed by atoms with Crippen molar-refractivity contribution in [2.75, 3.05) is 11.6 Å². The number of anilines is 1. The second-order valence-corrected chi connectivity index (χ2v) is 5.29. The molecule has 2 rings (SSSR count). The zero-order chi connectivity index (χ0) is 15.8. The molecule has 22 heavy (non-hydrogen) atoms. The minimum atomic E-state index is 0.574. The van der Waals surface area contributed by atoms with Crippen LogP contribution in [0.25, 0.3) is 0 Å². The fourth-order valence-corrected chi connectivity index (χ4v) is 2.19. The summed E-state index contributed by atoms with van der Waals surface area (Å²) in [5, 5.41) is 12.3. The second kappa shape index (κ2) is 7.93. The zero-order valence-electron chi connectivity index (χ0n) is 12.4. The minimum Gasteiger partial charge on any atom is -0.334 e. The number of benzene rings is 2. The first-order valence-corrected chi connectivity index (χ1v) is 7.91. The van der Waals surface area contributed by atoms with Crippen LogP contribution in [0.15, 0.2) is 53.5 Å². The van der Waals surface area contributed by atoms with E-state index in [2.05, 4.69) is 22.2 Å². The number of rotatable bonds is 1. The fraction of sp³-hybridized carbons (Fsp3) is 0.111. The molecule has 1 N–H and O–H groups in total. The highest BCUT2D eigenvalue weighted by atomic mass is 32.2. The molecule has 0 aliphatic rings. The molecule has 0 heterocycles. The van der Waals surface area contributed by atoms with Gasteiger partial charge in [0.1, 0.15) is 0 Å². The molecular formula is C18H15N3S. The first-order valence-electron chi connectivity index (χ1n) is 6.68. The standard InChI is InChI=1S/C18H15N3S/c1-14-12-17(21-18(22-2)20-13-19)11-10-16(14)9-8-15-6-4-3-5-7-15/h3-7,10-12H,1-2H3,(H,20,21). The van der Waals surface area contributed by atoms with Gasteiger partial charge in [0.25, 0.3) is 0 Å². The van der Waals surface area contributed by atoms with Crippen LogP contribution in [0.2, 0.25) is 0 Å². The Hall–Kier alpha value is -2.69. The van der Waals surface area contributed by atoms with Crippen LogP contribution in [0.1, 0.15) is 16.7 Å². The van der Waals surface area contributed by atoms with Gasteiger partial charge in [-0.2, -0.15) is 5.26 Å². The molecular weight excluding hydrogens is 290 g/mol. The maximum atomic E-state index is 8.61. The summed E-state index contributed by atoms with van der Waals surface area (Å²) in [7, 11) is 0. The first-order chi connectivity index (χ1) is 10.7. The molecule has 0 saturated carbocycles. The van der Waals surface area contributed by atoms with Crippen LogP contribution in [0, 0.1) is 30.2 Å². The summed E-state index contributed by atoms with van der Waals surface area (Å²) in [6.45, 7) is 2.01. The molecule has 0 unspecified atom stereocenters. The molecule has 0 amide bonds. The van der Waals surface area contributed by atoms with E-state index in [1.807, 2.05) is 61.7 Å². The predicted octanol–water partition coefficient (Wildman–Crippen LogP) is 4.01. The van der Waals surface area contributed by atoms with E-state index in [1.54, 1.807) is 6.19 Å². The predicted molar refractivity (Wildman–Crippen MR) is 93.8 cm³/mol. The number of aliphatic imine (C=N–C) groups is 1. The molecule has 0 bridgehead atoms. The van der Waals surface area contributed by atoms with Crippen molar-refractivity contribution < 1.29 is 0 Å². The summed E-state index contributed by atoms with van der Waals surface area (Å²) in [4.78, 5) is 3.71. The summed E-state index contributed by atoms with van der Waals surface area (Å²) in [5.74, 6) is 6.34. The van der Waals surface area contributed by atoms with Crippen LogP contribution in [0.3, 0.4) is 0 Å². The number of thioether (sulfide) groups is 1. The molecule has 108 valence electrons. The number of amidine groups is 1. The third kappa shape index (κ3) is 4.41. The van der Waals surface area contributed by atoms with Crippen molar-refractivity contribution in [2.45, 2.75) is 6.92 Å². The fourth-order valence-electron chi connectivity index (χ4n) is 1.84. The van der Waals surface area contributed by atoms with Crippen LogP contribution in [0.5, 0.6) is 0 Å². The van der Waals surface area contributed by atoms with Crippen molar-refractivity contribution in [3.8, 4) is 18.0 Å². The molecule has 0 saturated heterocycles. The van der Waals surface area contributed by atoms with Gasteiger partial charge < -0.3 is 5.32 Å². The highest BCUT2D eigenvalue weighted by Crippen LogP contribution is 2.16. The topological polar surface area (TPSA) is 48.2 Å². The summed E-state index contributed by atoms with van der Waals surface area (Å²) < 4.78 is 0. The quantitative estimate of drug-likeness (QED) is 0.375. The molecule has 3 nitrogen and oxygen atoms in total. The maximum Gasteiger partial charge on any atom is 0.208 e. The molecule has 0 aliphatic carbocycles. The molecule has 2 aromatic carbocycles. The van der Waals surface area contributed by atoms with Crippen molar-refractivity contribution in [3.63, 3.8) is 0 Å². The van der Waals surface area contributed by atoms with E-state index in [4.69, 9.17) is 5.26 Å². The lowest BCUT2D eigenvalue weighted by Crippen LogP contribution is -2.06.